The van der Waals surface area contributed by atoms with E-state index in [4.69, 9.17) is 4.74 Å². The van der Waals surface area contributed by atoms with E-state index in [1.54, 1.807) is 4.90 Å². The Morgan fingerprint density at radius 3 is 2.81 bits per heavy atom. The summed E-state index contributed by atoms with van der Waals surface area (Å²) in [7, 11) is 1.85. The summed E-state index contributed by atoms with van der Waals surface area (Å²) in [4.78, 5) is 18.0. The molecule has 146 valence electrons. The summed E-state index contributed by atoms with van der Waals surface area (Å²) >= 11 is 0. The van der Waals surface area contributed by atoms with E-state index >= 15 is 0 Å². The molecule has 2 N–H and O–H groups in total. The van der Waals surface area contributed by atoms with Gasteiger partial charge in [-0.1, -0.05) is 18.2 Å². The molecule has 2 unspecified atom stereocenters. The first-order valence-electron chi connectivity index (χ1n) is 9.00. The first kappa shape index (κ1) is 22.5. The van der Waals surface area contributed by atoms with E-state index in [9.17, 15) is 4.79 Å². The number of benzene rings is 1. The van der Waals surface area contributed by atoms with Gasteiger partial charge in [0.2, 0.25) is 5.91 Å². The molecular formula is C19H31IN4O2. The number of carbonyl (C=O) groups is 1. The Morgan fingerprint density at radius 1 is 1.42 bits per heavy atom. The van der Waals surface area contributed by atoms with Crippen molar-refractivity contribution in [2.45, 2.75) is 45.8 Å². The fraction of sp³-hybridized carbons (Fsp3) is 0.579. The number of hydrogen-bond acceptors (Lipinski definition) is 3. The molecule has 1 fully saturated rings. The van der Waals surface area contributed by atoms with Crippen LogP contribution in [0.4, 0.5) is 0 Å². The molecule has 1 aromatic carbocycles. The van der Waals surface area contributed by atoms with Crippen molar-refractivity contribution in [2.75, 3.05) is 26.7 Å². The number of hydrogen-bond donors (Lipinski definition) is 2. The molecule has 26 heavy (non-hydrogen) atoms. The van der Waals surface area contributed by atoms with E-state index in [0.717, 1.165) is 30.2 Å². The molecule has 0 aliphatic carbocycles. The molecule has 7 heteroatoms. The van der Waals surface area contributed by atoms with Crippen LogP contribution >= 0.6 is 24.0 Å². The predicted molar refractivity (Wildman–Crippen MR) is 116 cm³/mol. The van der Waals surface area contributed by atoms with Gasteiger partial charge in [-0.05, 0) is 38.8 Å². The third kappa shape index (κ3) is 7.01. The van der Waals surface area contributed by atoms with E-state index in [-0.39, 0.29) is 42.0 Å². The van der Waals surface area contributed by atoms with E-state index in [1.165, 1.54) is 0 Å². The summed E-state index contributed by atoms with van der Waals surface area (Å²) < 4.78 is 5.98. The number of aryl methyl sites for hydroxylation is 1. The summed E-state index contributed by atoms with van der Waals surface area (Å²) in [5, 5.41) is 6.69. The van der Waals surface area contributed by atoms with E-state index < -0.39 is 0 Å². The Morgan fingerprint density at radius 2 is 2.15 bits per heavy atom. The standard InChI is InChI=1S/C19H30N4O2.HI/c1-5-20-19(22-16-10-11-18(24)23(4)13-16)21-12-15(3)25-17-9-7-6-8-14(17)2;/h6-9,15-16H,5,10-13H2,1-4H3,(H2,20,21,22);1H. The number of ether oxygens (including phenoxy) is 1. The average molecular weight is 474 g/mol. The molecule has 2 atom stereocenters. The minimum absolute atomic E-state index is 0. The van der Waals surface area contributed by atoms with Gasteiger partial charge in [0.25, 0.3) is 0 Å². The van der Waals surface area contributed by atoms with Gasteiger partial charge in [0, 0.05) is 32.6 Å². The SMILES string of the molecule is CCNC(=NCC(C)Oc1ccccc1C)NC1CCC(=O)N(C)C1.I. The van der Waals surface area contributed by atoms with Gasteiger partial charge in [0.1, 0.15) is 11.9 Å². The monoisotopic (exact) mass is 474 g/mol. The van der Waals surface area contributed by atoms with Gasteiger partial charge in [-0.3, -0.25) is 4.79 Å². The average Bonchev–Trinajstić information content (AvgIpc) is 2.58. The highest BCUT2D eigenvalue weighted by atomic mass is 127. The van der Waals surface area contributed by atoms with Gasteiger partial charge < -0.3 is 20.3 Å². The second-order valence-electron chi connectivity index (χ2n) is 6.57. The first-order valence-corrected chi connectivity index (χ1v) is 9.00. The number of nitrogens with zero attached hydrogens (tertiary/aromatic N) is 2. The van der Waals surface area contributed by atoms with Gasteiger partial charge >= 0.3 is 0 Å². The van der Waals surface area contributed by atoms with Gasteiger partial charge in [0.05, 0.1) is 6.54 Å². The Labute approximate surface area is 173 Å². The van der Waals surface area contributed by atoms with Crippen LogP contribution in [0.1, 0.15) is 32.3 Å². The zero-order chi connectivity index (χ0) is 18.2. The molecule has 0 bridgehead atoms. The Hall–Kier alpha value is -1.51. The summed E-state index contributed by atoms with van der Waals surface area (Å²) in [5.41, 5.74) is 1.12. The lowest BCUT2D eigenvalue weighted by Gasteiger charge is -2.31. The van der Waals surface area contributed by atoms with Crippen molar-refractivity contribution >= 4 is 35.8 Å². The fourth-order valence-electron chi connectivity index (χ4n) is 2.81. The van der Waals surface area contributed by atoms with Gasteiger partial charge in [0.15, 0.2) is 5.96 Å². The number of likely N-dealkylation sites (N-methyl/N-ethyl adjacent to an activating group) is 1. The molecule has 1 saturated heterocycles. The molecule has 2 rings (SSSR count). The number of guanidine groups is 1. The van der Waals surface area contributed by atoms with Crippen molar-refractivity contribution < 1.29 is 9.53 Å². The Kier molecular flexibility index (Phi) is 9.75. The van der Waals surface area contributed by atoms with Crippen LogP contribution < -0.4 is 15.4 Å². The summed E-state index contributed by atoms with van der Waals surface area (Å²) in [6.07, 6.45) is 1.40. The summed E-state index contributed by atoms with van der Waals surface area (Å²) in [5.74, 6) is 1.88. The Balaban J connectivity index is 0.00000338. The third-order valence-electron chi connectivity index (χ3n) is 4.24. The number of amides is 1. The van der Waals surface area contributed by atoms with Crippen LogP contribution in [0.25, 0.3) is 0 Å². The summed E-state index contributed by atoms with van der Waals surface area (Å²) in [6, 6.07) is 8.23. The minimum atomic E-state index is -0.0211. The molecule has 0 radical (unpaired) electrons. The van der Waals surface area contributed by atoms with Crippen LogP contribution in [0.3, 0.4) is 0 Å². The number of likely N-dealkylation sites (tertiary alicyclic amines) is 1. The number of piperidine rings is 1. The maximum atomic E-state index is 11.6. The number of aliphatic imine (C=N–C) groups is 1. The van der Waals surface area contributed by atoms with Crippen LogP contribution in [0.15, 0.2) is 29.3 Å². The molecule has 6 nitrogen and oxygen atoms in total. The van der Waals surface area contributed by atoms with Crippen molar-refractivity contribution in [3.8, 4) is 5.75 Å². The molecule has 0 aromatic heterocycles. The van der Waals surface area contributed by atoms with Crippen LogP contribution in [0.2, 0.25) is 0 Å². The highest BCUT2D eigenvalue weighted by molar-refractivity contribution is 14.0. The van der Waals surface area contributed by atoms with Gasteiger partial charge in [-0.2, -0.15) is 0 Å². The largest absolute Gasteiger partial charge is 0.489 e. The molecule has 1 amide bonds. The van der Waals surface area contributed by atoms with E-state index in [0.29, 0.717) is 19.5 Å². The molecule has 1 aliphatic rings. The van der Waals surface area contributed by atoms with Crippen molar-refractivity contribution in [2.24, 2.45) is 4.99 Å². The zero-order valence-electron chi connectivity index (χ0n) is 16.1. The second-order valence-corrected chi connectivity index (χ2v) is 6.57. The maximum absolute atomic E-state index is 11.6. The predicted octanol–water partition coefficient (Wildman–Crippen LogP) is 2.56. The number of rotatable bonds is 6. The van der Waals surface area contributed by atoms with E-state index in [2.05, 4.69) is 15.6 Å². The summed E-state index contributed by atoms with van der Waals surface area (Å²) in [6.45, 7) is 8.16. The maximum Gasteiger partial charge on any atom is 0.222 e. The first-order chi connectivity index (χ1) is 12.0. The number of halogens is 1. The highest BCUT2D eigenvalue weighted by Gasteiger charge is 2.23. The van der Waals surface area contributed by atoms with Crippen LogP contribution in [0.5, 0.6) is 5.75 Å². The minimum Gasteiger partial charge on any atom is -0.489 e. The lowest BCUT2D eigenvalue weighted by atomic mass is 10.1. The zero-order valence-corrected chi connectivity index (χ0v) is 18.4. The molecular weight excluding hydrogens is 443 g/mol. The van der Waals surface area contributed by atoms with E-state index in [1.807, 2.05) is 52.1 Å². The van der Waals surface area contributed by atoms with Gasteiger partial charge in [-0.15, -0.1) is 24.0 Å². The van der Waals surface area contributed by atoms with Gasteiger partial charge in [-0.25, -0.2) is 4.99 Å². The fourth-order valence-corrected chi connectivity index (χ4v) is 2.81. The van der Waals surface area contributed by atoms with Crippen molar-refractivity contribution in [3.05, 3.63) is 29.8 Å². The molecule has 1 aromatic rings. The van der Waals surface area contributed by atoms with Crippen LogP contribution in [-0.2, 0) is 4.79 Å². The number of para-hydroxylation sites is 1. The normalized spacial score (nSPS) is 18.8. The van der Waals surface area contributed by atoms with Crippen LogP contribution in [-0.4, -0.2) is 55.6 Å². The Bertz CT molecular complexity index is 609. The number of nitrogens with one attached hydrogen (secondary N) is 2. The topological polar surface area (TPSA) is 66.0 Å². The lowest BCUT2D eigenvalue weighted by molar-refractivity contribution is -0.132. The van der Waals surface area contributed by atoms with Crippen molar-refractivity contribution in [1.29, 1.82) is 0 Å². The van der Waals surface area contributed by atoms with Crippen molar-refractivity contribution in [1.82, 2.24) is 15.5 Å². The molecule has 0 saturated carbocycles. The van der Waals surface area contributed by atoms with Crippen LogP contribution in [0, 0.1) is 6.92 Å². The number of carbonyl (C=O) groups excluding carboxylic acids is 1. The smallest absolute Gasteiger partial charge is 0.222 e. The van der Waals surface area contributed by atoms with Crippen molar-refractivity contribution in [3.63, 3.8) is 0 Å². The highest BCUT2D eigenvalue weighted by Crippen LogP contribution is 2.17. The quantitative estimate of drug-likeness (QED) is 0.378. The second kappa shape index (κ2) is 11.3. The molecule has 0 spiro atoms. The molecule has 1 heterocycles. The molecule has 1 aliphatic heterocycles. The lowest BCUT2D eigenvalue weighted by Crippen LogP contribution is -2.51. The third-order valence-corrected chi connectivity index (χ3v) is 4.24.